The van der Waals surface area contributed by atoms with Crippen LogP contribution in [0.3, 0.4) is 0 Å². The lowest BCUT2D eigenvalue weighted by Gasteiger charge is -2.56. The van der Waals surface area contributed by atoms with Gasteiger partial charge in [0.25, 0.3) is 0 Å². The minimum absolute atomic E-state index is 0.0644. The van der Waals surface area contributed by atoms with E-state index in [1.807, 2.05) is 30.3 Å². The average Bonchev–Trinajstić information content (AvgIpc) is 2.64. The molecule has 28 heavy (non-hydrogen) atoms. The van der Waals surface area contributed by atoms with Crippen molar-refractivity contribution in [3.8, 4) is 0 Å². The molecule has 1 aromatic carbocycles. The molecule has 1 aliphatic rings. The van der Waals surface area contributed by atoms with Crippen molar-refractivity contribution in [1.82, 2.24) is 10.6 Å². The van der Waals surface area contributed by atoms with Crippen LogP contribution in [-0.2, 0) is 30.7 Å². The number of methoxy groups -OCH3 is 1. The number of alkyl carbamates (subject to hydrolysis) is 1. The third-order valence-corrected chi connectivity index (χ3v) is 8.46. The zero-order chi connectivity index (χ0) is 21.2. The normalized spacial score (nSPS) is 20.5. The van der Waals surface area contributed by atoms with Gasteiger partial charge in [-0.2, -0.15) is 0 Å². The van der Waals surface area contributed by atoms with E-state index in [0.29, 0.717) is 0 Å². The van der Waals surface area contributed by atoms with E-state index in [1.165, 1.54) is 7.11 Å². The van der Waals surface area contributed by atoms with Crippen molar-refractivity contribution in [2.24, 2.45) is 0 Å². The molecule has 1 fully saturated rings. The van der Waals surface area contributed by atoms with Crippen molar-refractivity contribution in [3.05, 3.63) is 35.9 Å². The Hall–Kier alpha value is -2.13. The van der Waals surface area contributed by atoms with Gasteiger partial charge in [-0.05, 0) is 33.3 Å². The Kier molecular flexibility index (Phi) is 6.40. The maximum Gasteiger partial charge on any atom is 0.408 e. The highest BCUT2D eigenvalue weighted by molar-refractivity contribution is 7.95. The van der Waals surface area contributed by atoms with Gasteiger partial charge in [-0.3, -0.25) is 4.79 Å². The van der Waals surface area contributed by atoms with E-state index >= 15 is 0 Å². The summed E-state index contributed by atoms with van der Waals surface area (Å²) in [4.78, 5) is 24.7. The molecule has 2 rings (SSSR count). The Morgan fingerprint density at radius 1 is 1.11 bits per heavy atom. The van der Waals surface area contributed by atoms with Crippen molar-refractivity contribution < 1.29 is 27.5 Å². The van der Waals surface area contributed by atoms with Crippen molar-refractivity contribution in [2.45, 2.75) is 55.9 Å². The Labute approximate surface area is 165 Å². The lowest BCUT2D eigenvalue weighted by Crippen LogP contribution is -2.78. The molecule has 9 heteroatoms. The molecule has 0 radical (unpaired) electrons. The van der Waals surface area contributed by atoms with Crippen LogP contribution in [0.5, 0.6) is 0 Å². The van der Waals surface area contributed by atoms with Crippen molar-refractivity contribution in [1.29, 1.82) is 0 Å². The zero-order valence-corrected chi connectivity index (χ0v) is 17.6. The fraction of sp³-hybridized carbons (Fsp3) is 0.579. The molecule has 2 N–H and O–H groups in total. The topological polar surface area (TPSA) is 111 Å². The monoisotopic (exact) mass is 412 g/mol. The summed E-state index contributed by atoms with van der Waals surface area (Å²) in [6.45, 7) is 6.29. The summed E-state index contributed by atoms with van der Waals surface area (Å²) in [5.41, 5.74) is 0.813. The second-order valence-corrected chi connectivity index (χ2v) is 11.0. The van der Waals surface area contributed by atoms with Crippen LogP contribution in [0.4, 0.5) is 4.79 Å². The molecule has 1 saturated heterocycles. The van der Waals surface area contributed by atoms with Crippen LogP contribution in [0.1, 0.15) is 33.3 Å². The van der Waals surface area contributed by atoms with Gasteiger partial charge in [0.1, 0.15) is 12.6 Å². The van der Waals surface area contributed by atoms with E-state index in [0.717, 1.165) is 5.56 Å². The van der Waals surface area contributed by atoms with Gasteiger partial charge in [0.05, 0.1) is 22.1 Å². The van der Waals surface area contributed by atoms with Crippen LogP contribution in [0, 0.1) is 0 Å². The van der Waals surface area contributed by atoms with Gasteiger partial charge in [0, 0.05) is 7.11 Å². The Balaban J connectivity index is 1.99. The van der Waals surface area contributed by atoms with Gasteiger partial charge in [-0.1, -0.05) is 30.3 Å². The number of rotatable bonds is 7. The molecule has 0 spiro atoms. The number of carbonyl (C=O) groups excluding carboxylic acids is 2. The first-order chi connectivity index (χ1) is 12.9. The third-order valence-electron chi connectivity index (χ3n) is 5.22. The molecule has 2 amide bonds. The maximum atomic E-state index is 12.7. The molecule has 1 aliphatic heterocycles. The first-order valence-corrected chi connectivity index (χ1v) is 10.4. The summed E-state index contributed by atoms with van der Waals surface area (Å²) in [5, 5.41) is 5.22. The highest BCUT2D eigenvalue weighted by Gasteiger charge is 2.67. The molecule has 0 saturated carbocycles. The van der Waals surface area contributed by atoms with E-state index < -0.39 is 43.4 Å². The number of nitrogens with one attached hydrogen (secondary N) is 2. The summed E-state index contributed by atoms with van der Waals surface area (Å²) in [6, 6.07) is 7.53. The van der Waals surface area contributed by atoms with Gasteiger partial charge in [0.15, 0.2) is 9.84 Å². The fourth-order valence-corrected chi connectivity index (χ4v) is 6.11. The van der Waals surface area contributed by atoms with E-state index in [9.17, 15) is 18.0 Å². The first kappa shape index (κ1) is 22.2. The summed E-state index contributed by atoms with van der Waals surface area (Å²) in [7, 11) is -1.99. The second kappa shape index (κ2) is 8.08. The molecule has 0 unspecified atom stereocenters. The van der Waals surface area contributed by atoms with Crippen LogP contribution >= 0.6 is 0 Å². The highest BCUT2D eigenvalue weighted by Crippen LogP contribution is 2.48. The van der Waals surface area contributed by atoms with Crippen LogP contribution in [0.2, 0.25) is 0 Å². The molecule has 0 bridgehead atoms. The van der Waals surface area contributed by atoms with E-state index in [1.54, 1.807) is 27.7 Å². The SMILES string of the molecule is COC[C@H](NC(=O)OCc1ccccc1)C(=O)NC1C(C)(C)S(=O)(=O)C1(C)C. The molecule has 1 atom stereocenters. The number of amides is 2. The van der Waals surface area contributed by atoms with E-state index in [2.05, 4.69) is 10.6 Å². The molecule has 0 aliphatic carbocycles. The smallest absolute Gasteiger partial charge is 0.408 e. The quantitative estimate of drug-likeness (QED) is 0.700. The Morgan fingerprint density at radius 3 is 2.21 bits per heavy atom. The third kappa shape index (κ3) is 4.00. The molecule has 1 heterocycles. The predicted octanol–water partition coefficient (Wildman–Crippen LogP) is 1.40. The minimum Gasteiger partial charge on any atom is -0.445 e. The summed E-state index contributed by atoms with van der Waals surface area (Å²) >= 11 is 0. The van der Waals surface area contributed by atoms with Gasteiger partial charge in [-0.25, -0.2) is 13.2 Å². The van der Waals surface area contributed by atoms with Crippen LogP contribution in [0.25, 0.3) is 0 Å². The van der Waals surface area contributed by atoms with Crippen LogP contribution < -0.4 is 10.6 Å². The van der Waals surface area contributed by atoms with Crippen LogP contribution in [-0.4, -0.2) is 55.7 Å². The van der Waals surface area contributed by atoms with Gasteiger partial charge < -0.3 is 20.1 Å². The Morgan fingerprint density at radius 2 is 1.68 bits per heavy atom. The molecule has 156 valence electrons. The van der Waals surface area contributed by atoms with E-state index in [4.69, 9.17) is 9.47 Å². The van der Waals surface area contributed by atoms with Crippen molar-refractivity contribution >= 4 is 21.8 Å². The summed E-state index contributed by atoms with van der Waals surface area (Å²) in [6.07, 6.45) is -0.763. The minimum atomic E-state index is -3.39. The van der Waals surface area contributed by atoms with Crippen molar-refractivity contribution in [3.63, 3.8) is 0 Å². The second-order valence-electron chi connectivity index (χ2n) is 7.87. The van der Waals surface area contributed by atoms with Gasteiger partial charge >= 0.3 is 6.09 Å². The number of hydrogen-bond acceptors (Lipinski definition) is 6. The predicted molar refractivity (Wildman–Crippen MR) is 104 cm³/mol. The lowest BCUT2D eigenvalue weighted by atomic mass is 9.89. The molecular weight excluding hydrogens is 384 g/mol. The summed E-state index contributed by atoms with van der Waals surface area (Å²) in [5.74, 6) is -0.528. The number of benzene rings is 1. The number of ether oxygens (including phenoxy) is 2. The Bertz CT molecular complexity index is 798. The first-order valence-electron chi connectivity index (χ1n) is 8.96. The zero-order valence-electron chi connectivity index (χ0n) is 16.8. The van der Waals surface area contributed by atoms with Gasteiger partial charge in [-0.15, -0.1) is 0 Å². The fourth-order valence-electron chi connectivity index (χ4n) is 3.61. The van der Waals surface area contributed by atoms with Crippen LogP contribution in [0.15, 0.2) is 30.3 Å². The molecule has 1 aromatic rings. The lowest BCUT2D eigenvalue weighted by molar-refractivity contribution is -0.125. The summed E-state index contributed by atoms with van der Waals surface area (Å²) < 4.78 is 32.8. The maximum absolute atomic E-state index is 12.7. The molecular formula is C19H28N2O6S. The number of hydrogen-bond donors (Lipinski definition) is 2. The highest BCUT2D eigenvalue weighted by atomic mass is 32.2. The average molecular weight is 413 g/mol. The van der Waals surface area contributed by atoms with E-state index in [-0.39, 0.29) is 13.2 Å². The largest absolute Gasteiger partial charge is 0.445 e. The standard InChI is InChI=1S/C19H28N2O6S/c1-18(2)16(19(3,4)28(18,24)25)21-15(22)14(12-26-5)20-17(23)27-11-13-9-7-6-8-10-13/h6-10,14,16H,11-12H2,1-5H3,(H,20,23)(H,21,22)/t14-/m0/s1. The number of sulfone groups is 1. The molecule has 8 nitrogen and oxygen atoms in total. The molecule has 0 aromatic heterocycles. The van der Waals surface area contributed by atoms with Crippen molar-refractivity contribution in [2.75, 3.05) is 13.7 Å². The number of carbonyl (C=O) groups is 2. The van der Waals surface area contributed by atoms with Gasteiger partial charge in [0.2, 0.25) is 5.91 Å².